The highest BCUT2D eigenvalue weighted by atomic mass is 16.2. The van der Waals surface area contributed by atoms with Crippen molar-refractivity contribution < 1.29 is 9.59 Å². The number of nitrogens with two attached hydrogens (primary N) is 1. The number of benzene rings is 1. The molecule has 1 heterocycles. The highest BCUT2D eigenvalue weighted by molar-refractivity contribution is 5.90. The summed E-state index contributed by atoms with van der Waals surface area (Å²) in [4.78, 5) is 28.0. The molecule has 1 aromatic carbocycles. The van der Waals surface area contributed by atoms with Crippen LogP contribution in [0.1, 0.15) is 19.4 Å². The Bertz CT molecular complexity index is 631. The summed E-state index contributed by atoms with van der Waals surface area (Å²) in [6, 6.07) is 7.76. The van der Waals surface area contributed by atoms with Gasteiger partial charge in [0.2, 0.25) is 11.8 Å². The second-order valence-corrected chi connectivity index (χ2v) is 5.12. The van der Waals surface area contributed by atoms with E-state index in [0.29, 0.717) is 0 Å². The predicted molar refractivity (Wildman–Crippen MR) is 78.0 cm³/mol. The maximum Gasteiger partial charge on any atom is 0.237 e. The van der Waals surface area contributed by atoms with E-state index in [9.17, 15) is 9.59 Å². The zero-order chi connectivity index (χ0) is 14.7. The van der Waals surface area contributed by atoms with Gasteiger partial charge in [-0.15, -0.1) is 0 Å². The molecule has 0 spiro atoms. The number of aromatic amines is 1. The van der Waals surface area contributed by atoms with Crippen LogP contribution in [0.4, 0.5) is 0 Å². The highest BCUT2D eigenvalue weighted by Crippen LogP contribution is 2.19. The van der Waals surface area contributed by atoms with Crippen LogP contribution < -0.4 is 5.73 Å². The Morgan fingerprint density at radius 2 is 2.00 bits per heavy atom. The second-order valence-electron chi connectivity index (χ2n) is 5.12. The van der Waals surface area contributed by atoms with Crippen LogP contribution in [0.25, 0.3) is 10.9 Å². The van der Waals surface area contributed by atoms with E-state index in [0.717, 1.165) is 16.5 Å². The monoisotopic (exact) mass is 273 g/mol. The molecule has 0 fully saturated rings. The number of amides is 2. The predicted octanol–water partition coefficient (Wildman–Crippen LogP) is 1.43. The van der Waals surface area contributed by atoms with Gasteiger partial charge in [-0.05, 0) is 25.5 Å². The third-order valence-electron chi connectivity index (χ3n) is 3.29. The van der Waals surface area contributed by atoms with Gasteiger partial charge in [-0.25, -0.2) is 0 Å². The fraction of sp³-hybridized carbons (Fsp3) is 0.333. The van der Waals surface area contributed by atoms with Crippen molar-refractivity contribution in [3.63, 3.8) is 0 Å². The first-order chi connectivity index (χ1) is 9.49. The van der Waals surface area contributed by atoms with Gasteiger partial charge in [-0.1, -0.05) is 18.2 Å². The van der Waals surface area contributed by atoms with Gasteiger partial charge < -0.3 is 15.6 Å². The Labute approximate surface area is 117 Å². The molecular weight excluding hydrogens is 254 g/mol. The molecular formula is C15H19N3O2. The van der Waals surface area contributed by atoms with E-state index in [4.69, 9.17) is 5.73 Å². The van der Waals surface area contributed by atoms with Crippen LogP contribution in [-0.4, -0.2) is 34.3 Å². The third-order valence-corrected chi connectivity index (χ3v) is 3.29. The minimum Gasteiger partial charge on any atom is -0.368 e. The summed E-state index contributed by atoms with van der Waals surface area (Å²) in [7, 11) is 0. The molecule has 5 nitrogen and oxygen atoms in total. The Morgan fingerprint density at radius 1 is 1.30 bits per heavy atom. The van der Waals surface area contributed by atoms with E-state index in [1.54, 1.807) is 0 Å². The van der Waals surface area contributed by atoms with Gasteiger partial charge in [0.15, 0.2) is 0 Å². The average Bonchev–Trinajstić information content (AvgIpc) is 2.79. The second kappa shape index (κ2) is 5.77. The van der Waals surface area contributed by atoms with E-state index >= 15 is 0 Å². The van der Waals surface area contributed by atoms with Crippen LogP contribution in [0, 0.1) is 0 Å². The fourth-order valence-corrected chi connectivity index (χ4v) is 2.27. The number of rotatable bonds is 5. The molecule has 0 bridgehead atoms. The number of aromatic nitrogens is 1. The summed E-state index contributed by atoms with van der Waals surface area (Å²) >= 11 is 0. The van der Waals surface area contributed by atoms with E-state index in [1.807, 2.05) is 44.3 Å². The SMILES string of the molecule is CC(C)N(CC(N)=O)C(=O)Cc1c[nH]c2ccccc12. The topological polar surface area (TPSA) is 79.2 Å². The molecule has 2 amide bonds. The third kappa shape index (κ3) is 2.99. The minimum atomic E-state index is -0.494. The number of para-hydroxylation sites is 1. The van der Waals surface area contributed by atoms with Crippen molar-refractivity contribution in [2.24, 2.45) is 5.73 Å². The molecule has 5 heteroatoms. The van der Waals surface area contributed by atoms with Gasteiger partial charge >= 0.3 is 0 Å². The Morgan fingerprint density at radius 3 is 2.65 bits per heavy atom. The van der Waals surface area contributed by atoms with E-state index in [-0.39, 0.29) is 24.9 Å². The molecule has 0 unspecified atom stereocenters. The highest BCUT2D eigenvalue weighted by Gasteiger charge is 2.20. The molecule has 106 valence electrons. The Hall–Kier alpha value is -2.30. The first-order valence-corrected chi connectivity index (χ1v) is 6.62. The maximum absolute atomic E-state index is 12.3. The molecule has 2 aromatic rings. The van der Waals surface area contributed by atoms with Gasteiger partial charge in [0, 0.05) is 23.1 Å². The molecule has 0 atom stereocenters. The lowest BCUT2D eigenvalue weighted by Crippen LogP contribution is -2.43. The summed E-state index contributed by atoms with van der Waals surface area (Å²) in [6.07, 6.45) is 2.10. The molecule has 3 N–H and O–H groups in total. The van der Waals surface area contributed by atoms with Crippen LogP contribution in [0.3, 0.4) is 0 Å². The number of fused-ring (bicyclic) bond motifs is 1. The van der Waals surface area contributed by atoms with Crippen molar-refractivity contribution in [2.75, 3.05) is 6.54 Å². The Balaban J connectivity index is 2.19. The van der Waals surface area contributed by atoms with Gasteiger partial charge in [-0.3, -0.25) is 9.59 Å². The van der Waals surface area contributed by atoms with Crippen LogP contribution in [-0.2, 0) is 16.0 Å². The number of H-pyrrole nitrogens is 1. The van der Waals surface area contributed by atoms with Crippen molar-refractivity contribution >= 4 is 22.7 Å². The summed E-state index contributed by atoms with van der Waals surface area (Å²) < 4.78 is 0. The van der Waals surface area contributed by atoms with Crippen molar-refractivity contribution in [3.8, 4) is 0 Å². The summed E-state index contributed by atoms with van der Waals surface area (Å²) in [5, 5.41) is 1.03. The molecule has 0 aliphatic rings. The molecule has 0 aliphatic heterocycles. The van der Waals surface area contributed by atoms with Gasteiger partial charge in [0.25, 0.3) is 0 Å². The molecule has 2 rings (SSSR count). The van der Waals surface area contributed by atoms with E-state index in [1.165, 1.54) is 4.90 Å². The van der Waals surface area contributed by atoms with Crippen LogP contribution in [0.2, 0.25) is 0 Å². The molecule has 0 saturated carbocycles. The van der Waals surface area contributed by atoms with Crippen LogP contribution in [0.5, 0.6) is 0 Å². The fourth-order valence-electron chi connectivity index (χ4n) is 2.27. The standard InChI is InChI=1S/C15H19N3O2/c1-10(2)18(9-14(16)19)15(20)7-11-8-17-13-6-4-3-5-12(11)13/h3-6,8,10,17H,7,9H2,1-2H3,(H2,16,19). The minimum absolute atomic E-state index is 0.0428. The zero-order valence-corrected chi connectivity index (χ0v) is 11.7. The lowest BCUT2D eigenvalue weighted by molar-refractivity contribution is -0.136. The number of primary amides is 1. The smallest absolute Gasteiger partial charge is 0.237 e. The van der Waals surface area contributed by atoms with Gasteiger partial charge in [-0.2, -0.15) is 0 Å². The Kier molecular flexibility index (Phi) is 4.08. The lowest BCUT2D eigenvalue weighted by Gasteiger charge is -2.25. The van der Waals surface area contributed by atoms with E-state index in [2.05, 4.69) is 4.98 Å². The zero-order valence-electron chi connectivity index (χ0n) is 11.7. The van der Waals surface area contributed by atoms with Gasteiger partial charge in [0.05, 0.1) is 13.0 Å². The molecule has 0 saturated heterocycles. The number of hydrogen-bond donors (Lipinski definition) is 2. The van der Waals surface area contributed by atoms with Crippen LogP contribution >= 0.6 is 0 Å². The molecule has 20 heavy (non-hydrogen) atoms. The largest absolute Gasteiger partial charge is 0.368 e. The first kappa shape index (κ1) is 14.1. The first-order valence-electron chi connectivity index (χ1n) is 6.62. The lowest BCUT2D eigenvalue weighted by atomic mass is 10.1. The van der Waals surface area contributed by atoms with E-state index < -0.39 is 5.91 Å². The quantitative estimate of drug-likeness (QED) is 0.864. The van der Waals surface area contributed by atoms with Crippen molar-refractivity contribution in [2.45, 2.75) is 26.3 Å². The number of nitrogens with one attached hydrogen (secondary N) is 1. The number of hydrogen-bond acceptors (Lipinski definition) is 2. The molecule has 0 aliphatic carbocycles. The normalized spacial score (nSPS) is 10.9. The summed E-state index contributed by atoms with van der Waals surface area (Å²) in [6.45, 7) is 3.70. The summed E-state index contributed by atoms with van der Waals surface area (Å²) in [5.74, 6) is -0.588. The van der Waals surface area contributed by atoms with Crippen molar-refractivity contribution in [1.82, 2.24) is 9.88 Å². The number of carbonyl (C=O) groups is 2. The molecule has 1 aromatic heterocycles. The van der Waals surface area contributed by atoms with Crippen molar-refractivity contribution in [1.29, 1.82) is 0 Å². The molecule has 0 radical (unpaired) electrons. The maximum atomic E-state index is 12.3. The van der Waals surface area contributed by atoms with Crippen LogP contribution in [0.15, 0.2) is 30.5 Å². The van der Waals surface area contributed by atoms with Gasteiger partial charge in [0.1, 0.15) is 0 Å². The number of carbonyl (C=O) groups excluding carboxylic acids is 2. The number of nitrogens with zero attached hydrogens (tertiary/aromatic N) is 1. The summed E-state index contributed by atoms with van der Waals surface area (Å²) in [5.41, 5.74) is 7.13. The van der Waals surface area contributed by atoms with Crippen molar-refractivity contribution in [3.05, 3.63) is 36.0 Å². The average molecular weight is 273 g/mol.